The van der Waals surface area contributed by atoms with E-state index in [2.05, 4.69) is 15.3 Å². The summed E-state index contributed by atoms with van der Waals surface area (Å²) in [6.45, 7) is 5.33. The van der Waals surface area contributed by atoms with Gasteiger partial charge in [0.1, 0.15) is 5.56 Å². The first-order chi connectivity index (χ1) is 15.2. The number of ether oxygens (including phenoxy) is 1. The second-order valence-electron chi connectivity index (χ2n) is 7.65. The highest BCUT2D eigenvalue weighted by Gasteiger charge is 2.17. The van der Waals surface area contributed by atoms with Crippen LogP contribution in [0.3, 0.4) is 0 Å². The summed E-state index contributed by atoms with van der Waals surface area (Å²) >= 11 is 6.13. The second-order valence-corrected chi connectivity index (χ2v) is 8.05. The Morgan fingerprint density at radius 2 is 1.91 bits per heavy atom. The molecule has 7 nitrogen and oxygen atoms in total. The number of aromatic amines is 1. The van der Waals surface area contributed by atoms with Crippen LogP contribution in [-0.2, 0) is 4.74 Å². The van der Waals surface area contributed by atoms with Crippen molar-refractivity contribution in [1.82, 2.24) is 9.97 Å². The van der Waals surface area contributed by atoms with Crippen LogP contribution in [0.25, 0.3) is 21.8 Å². The Morgan fingerprint density at radius 1 is 1.12 bits per heavy atom. The fourth-order valence-corrected chi connectivity index (χ4v) is 3.67. The number of fused-ring (bicyclic) bond motifs is 2. The smallest absolute Gasteiger partial charge is 0.338 e. The van der Waals surface area contributed by atoms with Crippen molar-refractivity contribution in [2.24, 2.45) is 0 Å². The largest absolute Gasteiger partial charge is 0.459 e. The molecule has 0 radical (unpaired) electrons. The van der Waals surface area contributed by atoms with Crippen molar-refractivity contribution in [3.05, 3.63) is 80.7 Å². The van der Waals surface area contributed by atoms with Gasteiger partial charge in [-0.05, 0) is 57.2 Å². The number of para-hydroxylation sites is 1. The van der Waals surface area contributed by atoms with Crippen molar-refractivity contribution in [1.29, 1.82) is 0 Å². The van der Waals surface area contributed by atoms with E-state index in [0.717, 1.165) is 0 Å². The summed E-state index contributed by atoms with van der Waals surface area (Å²) < 4.78 is 5.26. The topological polar surface area (TPSA) is 101 Å². The maximum atomic E-state index is 13.0. The van der Waals surface area contributed by atoms with Crippen LogP contribution in [0.1, 0.15) is 40.3 Å². The van der Waals surface area contributed by atoms with Crippen LogP contribution in [0.2, 0.25) is 5.02 Å². The molecule has 0 saturated heterocycles. The van der Waals surface area contributed by atoms with E-state index in [-0.39, 0.29) is 11.7 Å². The molecule has 4 aromatic rings. The summed E-state index contributed by atoms with van der Waals surface area (Å²) in [7, 11) is 0. The van der Waals surface area contributed by atoms with E-state index in [0.29, 0.717) is 43.8 Å². The Labute approximate surface area is 188 Å². The molecule has 0 spiro atoms. The summed E-state index contributed by atoms with van der Waals surface area (Å²) in [6, 6.07) is 11.5. The lowest BCUT2D eigenvalue weighted by atomic mass is 10.1. The number of amides is 1. The molecule has 2 aromatic carbocycles. The summed E-state index contributed by atoms with van der Waals surface area (Å²) in [6.07, 6.45) is 1.08. The molecule has 0 bridgehead atoms. The van der Waals surface area contributed by atoms with E-state index in [9.17, 15) is 14.4 Å². The van der Waals surface area contributed by atoms with E-state index in [1.54, 1.807) is 63.2 Å². The van der Waals surface area contributed by atoms with Gasteiger partial charge >= 0.3 is 5.97 Å². The number of H-pyrrole nitrogens is 1. The number of hydrogen-bond donors (Lipinski definition) is 2. The van der Waals surface area contributed by atoms with Crippen molar-refractivity contribution in [2.75, 3.05) is 5.32 Å². The average Bonchev–Trinajstić information content (AvgIpc) is 2.73. The Hall–Kier alpha value is -3.71. The standard InChI is InChI=1S/C24H20ClN3O4/c1-12(2)32-24(31)14-7-8-19-16(10-14)20(9-13(3)27-19)28-23(30)17-11-26-21-15(22(17)29)5-4-6-18(21)25/h4-12H,1-3H3,(H,26,29)(H,27,28,30). The number of rotatable bonds is 4. The maximum Gasteiger partial charge on any atom is 0.338 e. The van der Waals surface area contributed by atoms with Crippen LogP contribution in [0.5, 0.6) is 0 Å². The van der Waals surface area contributed by atoms with Gasteiger partial charge < -0.3 is 15.0 Å². The number of halogens is 1. The van der Waals surface area contributed by atoms with Crippen LogP contribution in [0, 0.1) is 6.92 Å². The lowest BCUT2D eigenvalue weighted by Gasteiger charge is -2.12. The van der Waals surface area contributed by atoms with Gasteiger partial charge in [-0.1, -0.05) is 17.7 Å². The minimum atomic E-state index is -0.588. The Balaban J connectivity index is 1.76. The van der Waals surface area contributed by atoms with Crippen LogP contribution in [0.4, 0.5) is 5.69 Å². The molecule has 0 aliphatic carbocycles. The second kappa shape index (κ2) is 8.43. The van der Waals surface area contributed by atoms with E-state index >= 15 is 0 Å². The zero-order chi connectivity index (χ0) is 23.0. The van der Waals surface area contributed by atoms with E-state index in [1.165, 1.54) is 6.20 Å². The van der Waals surface area contributed by atoms with Crippen LogP contribution >= 0.6 is 11.6 Å². The van der Waals surface area contributed by atoms with Crippen molar-refractivity contribution >= 4 is 51.0 Å². The van der Waals surface area contributed by atoms with Crippen LogP contribution < -0.4 is 10.7 Å². The van der Waals surface area contributed by atoms with Gasteiger partial charge in [-0.15, -0.1) is 0 Å². The first-order valence-corrected chi connectivity index (χ1v) is 10.4. The monoisotopic (exact) mass is 449 g/mol. The molecule has 0 atom stereocenters. The number of carbonyl (C=O) groups is 2. The highest BCUT2D eigenvalue weighted by Crippen LogP contribution is 2.26. The molecule has 2 heterocycles. The Morgan fingerprint density at radius 3 is 2.66 bits per heavy atom. The quantitative estimate of drug-likeness (QED) is 0.433. The van der Waals surface area contributed by atoms with Crippen molar-refractivity contribution in [2.45, 2.75) is 26.9 Å². The molecule has 162 valence electrons. The van der Waals surface area contributed by atoms with E-state index in [1.807, 2.05) is 0 Å². The Bertz CT molecular complexity index is 1440. The van der Waals surface area contributed by atoms with Gasteiger partial charge in [0.05, 0.1) is 33.4 Å². The van der Waals surface area contributed by atoms with Crippen molar-refractivity contribution < 1.29 is 14.3 Å². The highest BCUT2D eigenvalue weighted by molar-refractivity contribution is 6.35. The van der Waals surface area contributed by atoms with Crippen LogP contribution in [-0.4, -0.2) is 27.9 Å². The lowest BCUT2D eigenvalue weighted by molar-refractivity contribution is 0.0378. The lowest BCUT2D eigenvalue weighted by Crippen LogP contribution is -2.22. The molecule has 4 rings (SSSR count). The molecule has 0 fully saturated rings. The first-order valence-electron chi connectivity index (χ1n) is 9.98. The zero-order valence-corrected chi connectivity index (χ0v) is 18.4. The molecule has 0 saturated carbocycles. The number of aromatic nitrogens is 2. The molecule has 8 heteroatoms. The maximum absolute atomic E-state index is 13.0. The number of carbonyl (C=O) groups excluding carboxylic acids is 2. The van der Waals surface area contributed by atoms with Crippen molar-refractivity contribution in [3.63, 3.8) is 0 Å². The predicted molar refractivity (Wildman–Crippen MR) is 125 cm³/mol. The van der Waals surface area contributed by atoms with E-state index in [4.69, 9.17) is 16.3 Å². The zero-order valence-electron chi connectivity index (χ0n) is 17.7. The van der Waals surface area contributed by atoms with Crippen molar-refractivity contribution in [3.8, 4) is 0 Å². The molecular formula is C24H20ClN3O4. The Kier molecular flexibility index (Phi) is 5.67. The number of aryl methyl sites for hydroxylation is 1. The highest BCUT2D eigenvalue weighted by atomic mass is 35.5. The molecule has 1 amide bonds. The molecule has 32 heavy (non-hydrogen) atoms. The number of nitrogens with one attached hydrogen (secondary N) is 2. The fraction of sp³-hybridized carbons (Fsp3) is 0.167. The first kappa shape index (κ1) is 21.5. The summed E-state index contributed by atoms with van der Waals surface area (Å²) in [5, 5.41) is 4.05. The third-order valence-corrected chi connectivity index (χ3v) is 5.19. The number of nitrogens with zero attached hydrogens (tertiary/aromatic N) is 1. The number of pyridine rings is 2. The molecule has 0 unspecified atom stereocenters. The molecule has 0 aliphatic rings. The third-order valence-electron chi connectivity index (χ3n) is 4.87. The molecule has 2 aromatic heterocycles. The van der Waals surface area contributed by atoms with Gasteiger partial charge in [0.2, 0.25) is 5.43 Å². The minimum Gasteiger partial charge on any atom is -0.459 e. The number of hydrogen-bond acceptors (Lipinski definition) is 5. The van der Waals surface area contributed by atoms with Gasteiger partial charge in [-0.3, -0.25) is 14.6 Å². The third kappa shape index (κ3) is 4.07. The number of benzene rings is 2. The summed E-state index contributed by atoms with van der Waals surface area (Å²) in [5.74, 6) is -1.06. The van der Waals surface area contributed by atoms with Crippen LogP contribution in [0.15, 0.2) is 53.5 Å². The summed E-state index contributed by atoms with van der Waals surface area (Å²) in [4.78, 5) is 45.6. The molecule has 0 aliphatic heterocycles. The van der Waals surface area contributed by atoms with Gasteiger partial charge in [0.25, 0.3) is 5.91 Å². The molecule has 2 N–H and O–H groups in total. The normalized spacial score (nSPS) is 11.2. The number of anilines is 1. The fourth-order valence-electron chi connectivity index (χ4n) is 3.44. The van der Waals surface area contributed by atoms with Gasteiger partial charge in [-0.2, -0.15) is 0 Å². The van der Waals surface area contributed by atoms with Gasteiger partial charge in [0.15, 0.2) is 0 Å². The predicted octanol–water partition coefficient (Wildman–Crippen LogP) is 4.86. The number of esters is 1. The minimum absolute atomic E-state index is 0.0576. The summed E-state index contributed by atoms with van der Waals surface area (Å²) in [5.41, 5.74) is 2.01. The molecular weight excluding hydrogens is 430 g/mol. The van der Waals surface area contributed by atoms with Gasteiger partial charge in [0, 0.05) is 22.7 Å². The van der Waals surface area contributed by atoms with Gasteiger partial charge in [-0.25, -0.2) is 4.79 Å². The SMILES string of the molecule is Cc1cc(NC(=O)c2c[nH]c3c(Cl)cccc3c2=O)c2cc(C(=O)OC(C)C)ccc2n1. The average molecular weight is 450 g/mol. The van der Waals surface area contributed by atoms with E-state index < -0.39 is 17.3 Å².